The first-order valence-corrected chi connectivity index (χ1v) is 13.5. The van der Waals surface area contributed by atoms with Crippen molar-refractivity contribution in [1.29, 1.82) is 0 Å². The minimum Gasteiger partial charge on any atom is -0.480 e. The van der Waals surface area contributed by atoms with Crippen LogP contribution in [0.4, 0.5) is 4.79 Å². The summed E-state index contributed by atoms with van der Waals surface area (Å²) >= 11 is 1.51. The summed E-state index contributed by atoms with van der Waals surface area (Å²) in [5, 5.41) is 12.4. The van der Waals surface area contributed by atoms with Gasteiger partial charge in [0, 0.05) is 18.8 Å². The van der Waals surface area contributed by atoms with E-state index in [0.717, 1.165) is 5.56 Å². The number of amides is 3. The summed E-state index contributed by atoms with van der Waals surface area (Å²) < 4.78 is 5.49. The van der Waals surface area contributed by atoms with Gasteiger partial charge in [0.1, 0.15) is 17.7 Å². The first-order chi connectivity index (χ1) is 16.9. The number of thioether (sulfide) groups is 1. The molecular weight excluding hydrogens is 482 g/mol. The second-order valence-corrected chi connectivity index (χ2v) is 11.8. The summed E-state index contributed by atoms with van der Waals surface area (Å²) in [4.78, 5) is 54.6. The molecule has 9 nitrogen and oxygen atoms in total. The van der Waals surface area contributed by atoms with E-state index in [1.54, 1.807) is 39.5 Å². The molecule has 198 valence electrons. The Morgan fingerprint density at radius 2 is 1.72 bits per heavy atom. The Hall–Kier alpha value is -2.75. The minimum atomic E-state index is -1.07. The number of rotatable bonds is 6. The highest BCUT2D eigenvalue weighted by Crippen LogP contribution is 2.37. The van der Waals surface area contributed by atoms with Crippen molar-refractivity contribution < 1.29 is 29.0 Å². The van der Waals surface area contributed by atoms with Gasteiger partial charge in [0.2, 0.25) is 11.8 Å². The number of hydrogen-bond acceptors (Lipinski definition) is 6. The fourth-order valence-electron chi connectivity index (χ4n) is 4.66. The van der Waals surface area contributed by atoms with Gasteiger partial charge in [-0.05, 0) is 45.1 Å². The molecule has 0 spiro atoms. The molecule has 2 saturated heterocycles. The lowest BCUT2D eigenvalue weighted by Crippen LogP contribution is -2.58. The van der Waals surface area contributed by atoms with E-state index in [1.165, 1.54) is 16.7 Å². The molecule has 0 aromatic heterocycles. The van der Waals surface area contributed by atoms with Crippen molar-refractivity contribution in [3.63, 3.8) is 0 Å². The molecule has 1 aromatic carbocycles. The van der Waals surface area contributed by atoms with Crippen molar-refractivity contribution in [2.24, 2.45) is 5.92 Å². The van der Waals surface area contributed by atoms with Crippen LogP contribution in [0.25, 0.3) is 0 Å². The van der Waals surface area contributed by atoms with Gasteiger partial charge in [-0.1, -0.05) is 44.2 Å². The van der Waals surface area contributed by atoms with E-state index in [0.29, 0.717) is 37.6 Å². The normalized spacial score (nSPS) is 20.7. The van der Waals surface area contributed by atoms with E-state index in [4.69, 9.17) is 4.74 Å². The van der Waals surface area contributed by atoms with Crippen LogP contribution in [0.3, 0.4) is 0 Å². The van der Waals surface area contributed by atoms with Gasteiger partial charge < -0.3 is 20.1 Å². The zero-order chi connectivity index (χ0) is 26.7. The maximum absolute atomic E-state index is 13.6. The number of carboxylic acids is 1. The molecule has 3 amide bonds. The van der Waals surface area contributed by atoms with Gasteiger partial charge >= 0.3 is 12.1 Å². The fraction of sp³-hybridized carbons (Fsp3) is 0.615. The molecule has 36 heavy (non-hydrogen) atoms. The lowest BCUT2D eigenvalue weighted by Gasteiger charge is -2.42. The van der Waals surface area contributed by atoms with Gasteiger partial charge in [-0.3, -0.25) is 14.5 Å². The van der Waals surface area contributed by atoms with Gasteiger partial charge in [-0.2, -0.15) is 0 Å². The first kappa shape index (κ1) is 27.8. The number of hydrogen-bond donors (Lipinski definition) is 2. The maximum atomic E-state index is 13.6. The number of carbonyl (C=O) groups excluding carboxylic acids is 3. The SMILES string of the molecule is CC(C)[C@H](NC(=O)C1(c2ccccc2)CCN(C(=O)[C@@H]2CSCN2C(=O)OC(C)(C)C)CC1)C(=O)O. The molecule has 0 saturated carbocycles. The number of nitrogens with zero attached hydrogens (tertiary/aromatic N) is 2. The van der Waals surface area contributed by atoms with E-state index >= 15 is 0 Å². The van der Waals surface area contributed by atoms with Gasteiger partial charge in [0.25, 0.3) is 0 Å². The van der Waals surface area contributed by atoms with Crippen molar-refractivity contribution in [1.82, 2.24) is 15.1 Å². The van der Waals surface area contributed by atoms with E-state index < -0.39 is 35.2 Å². The van der Waals surface area contributed by atoms with Crippen molar-refractivity contribution >= 4 is 35.6 Å². The van der Waals surface area contributed by atoms with Crippen LogP contribution in [0.5, 0.6) is 0 Å². The standard InChI is InChI=1S/C26H37N3O6S/c1-17(2)20(22(31)32)27-23(33)26(18-9-7-6-8-10-18)11-13-28(14-12-26)21(30)19-15-36-16-29(19)24(34)35-25(3,4)5/h6-10,17,19-20H,11-16H2,1-5H3,(H,27,33)(H,31,32)/t19-,20-/m0/s1. The highest BCUT2D eigenvalue weighted by atomic mass is 32.2. The van der Waals surface area contributed by atoms with Gasteiger partial charge in [-0.15, -0.1) is 11.8 Å². The summed E-state index contributed by atoms with van der Waals surface area (Å²) in [5.41, 5.74) is -0.805. The topological polar surface area (TPSA) is 116 Å². The molecule has 2 N–H and O–H groups in total. The average Bonchev–Trinajstić information content (AvgIpc) is 3.31. The molecule has 2 heterocycles. The summed E-state index contributed by atoms with van der Waals surface area (Å²) in [7, 11) is 0. The van der Waals surface area contributed by atoms with Crippen LogP contribution in [0.1, 0.15) is 53.0 Å². The van der Waals surface area contributed by atoms with Crippen LogP contribution in [-0.2, 0) is 24.5 Å². The predicted octanol–water partition coefficient (Wildman–Crippen LogP) is 3.08. The highest BCUT2D eigenvalue weighted by Gasteiger charge is 2.47. The lowest BCUT2D eigenvalue weighted by molar-refractivity contribution is -0.145. The molecule has 0 unspecified atom stereocenters. The summed E-state index contributed by atoms with van der Waals surface area (Å²) in [5.74, 6) is -0.962. The number of aliphatic carboxylic acids is 1. The van der Waals surface area contributed by atoms with Crippen molar-refractivity contribution in [2.45, 2.75) is 70.6 Å². The lowest BCUT2D eigenvalue weighted by atomic mass is 9.71. The Bertz CT molecular complexity index is 970. The number of nitrogens with one attached hydrogen (secondary N) is 1. The molecule has 2 atom stereocenters. The zero-order valence-corrected chi connectivity index (χ0v) is 22.5. The molecule has 2 fully saturated rings. The monoisotopic (exact) mass is 519 g/mol. The van der Waals surface area contributed by atoms with Crippen LogP contribution < -0.4 is 5.32 Å². The van der Waals surface area contributed by atoms with E-state index in [-0.39, 0.29) is 17.7 Å². The van der Waals surface area contributed by atoms with Crippen LogP contribution in [0.2, 0.25) is 0 Å². The number of ether oxygens (including phenoxy) is 1. The van der Waals surface area contributed by atoms with Crippen molar-refractivity contribution in [3.05, 3.63) is 35.9 Å². The van der Waals surface area contributed by atoms with Gasteiger partial charge in [-0.25, -0.2) is 9.59 Å². The van der Waals surface area contributed by atoms with Crippen LogP contribution in [-0.4, -0.2) is 81.2 Å². The Morgan fingerprint density at radius 3 is 2.25 bits per heavy atom. The molecular formula is C26H37N3O6S. The molecule has 0 aliphatic carbocycles. The summed E-state index contributed by atoms with van der Waals surface area (Å²) in [6, 6.07) is 7.71. The maximum Gasteiger partial charge on any atom is 0.411 e. The number of carboxylic acid groups (broad SMARTS) is 1. The summed E-state index contributed by atoms with van der Waals surface area (Å²) in [6.45, 7) is 9.53. The molecule has 2 aliphatic rings. The Labute approximate surface area is 216 Å². The molecule has 0 radical (unpaired) electrons. The van der Waals surface area contributed by atoms with E-state index in [1.807, 2.05) is 30.3 Å². The van der Waals surface area contributed by atoms with Crippen LogP contribution in [0.15, 0.2) is 30.3 Å². The summed E-state index contributed by atoms with van der Waals surface area (Å²) in [6.07, 6.45) is 0.200. The first-order valence-electron chi connectivity index (χ1n) is 12.3. The number of benzene rings is 1. The van der Waals surface area contributed by atoms with Crippen LogP contribution >= 0.6 is 11.8 Å². The second-order valence-electron chi connectivity index (χ2n) is 10.8. The van der Waals surface area contributed by atoms with Crippen molar-refractivity contribution in [2.75, 3.05) is 24.7 Å². The smallest absolute Gasteiger partial charge is 0.411 e. The Balaban J connectivity index is 1.77. The Kier molecular flexibility index (Phi) is 8.59. The molecule has 10 heteroatoms. The third-order valence-electron chi connectivity index (χ3n) is 6.70. The minimum absolute atomic E-state index is 0.154. The van der Waals surface area contributed by atoms with Gasteiger partial charge in [0.05, 0.1) is 11.3 Å². The largest absolute Gasteiger partial charge is 0.480 e. The van der Waals surface area contributed by atoms with Crippen molar-refractivity contribution in [3.8, 4) is 0 Å². The molecule has 0 bridgehead atoms. The fourth-order valence-corrected chi connectivity index (χ4v) is 5.80. The van der Waals surface area contributed by atoms with E-state index in [9.17, 15) is 24.3 Å². The number of piperidine rings is 1. The average molecular weight is 520 g/mol. The van der Waals surface area contributed by atoms with Gasteiger partial charge in [0.15, 0.2) is 0 Å². The quantitative estimate of drug-likeness (QED) is 0.593. The third kappa shape index (κ3) is 6.14. The second kappa shape index (κ2) is 11.1. The number of carbonyl (C=O) groups is 4. The molecule has 2 aliphatic heterocycles. The van der Waals surface area contributed by atoms with E-state index in [2.05, 4.69) is 5.32 Å². The Morgan fingerprint density at radius 1 is 1.11 bits per heavy atom. The third-order valence-corrected chi connectivity index (χ3v) is 7.72. The zero-order valence-electron chi connectivity index (χ0n) is 21.7. The highest BCUT2D eigenvalue weighted by molar-refractivity contribution is 7.99. The number of likely N-dealkylation sites (tertiary alicyclic amines) is 1. The predicted molar refractivity (Wildman–Crippen MR) is 138 cm³/mol. The van der Waals surface area contributed by atoms with Crippen LogP contribution in [0, 0.1) is 5.92 Å². The molecule has 3 rings (SSSR count). The molecule has 1 aromatic rings.